The Morgan fingerprint density at radius 2 is 2.14 bits per heavy atom. The van der Waals surface area contributed by atoms with Crippen molar-refractivity contribution >= 4 is 10.9 Å². The van der Waals surface area contributed by atoms with Crippen molar-refractivity contribution in [3.63, 3.8) is 0 Å². The zero-order valence-electron chi connectivity index (χ0n) is 12.5. The molecule has 1 aliphatic heterocycles. The standard InChI is InChI=1S/C17H23N3O/c1-21-16-8-9-20(15(10-16)11-18)12-14-7-6-13-4-2-3-5-17(13)19-14/h2-7,15-16H,8-12,18H2,1H3. The molecule has 2 atom stereocenters. The van der Waals surface area contributed by atoms with Crippen molar-refractivity contribution in [2.75, 3.05) is 20.2 Å². The van der Waals surface area contributed by atoms with Gasteiger partial charge in [-0.05, 0) is 25.0 Å². The predicted octanol–water partition coefficient (Wildman–Crippen LogP) is 2.17. The lowest BCUT2D eigenvalue weighted by Crippen LogP contribution is -2.48. The van der Waals surface area contributed by atoms with E-state index in [1.165, 1.54) is 5.39 Å². The molecular formula is C17H23N3O. The predicted molar refractivity (Wildman–Crippen MR) is 85.0 cm³/mol. The van der Waals surface area contributed by atoms with Gasteiger partial charge in [-0.3, -0.25) is 9.88 Å². The third kappa shape index (κ3) is 3.23. The van der Waals surface area contributed by atoms with E-state index in [0.717, 1.165) is 37.1 Å². The first-order valence-corrected chi connectivity index (χ1v) is 7.61. The van der Waals surface area contributed by atoms with Crippen molar-refractivity contribution in [2.24, 2.45) is 5.73 Å². The molecule has 2 N–H and O–H groups in total. The maximum Gasteiger partial charge on any atom is 0.0705 e. The molecule has 0 spiro atoms. The molecule has 1 aromatic carbocycles. The van der Waals surface area contributed by atoms with Crippen LogP contribution in [0.2, 0.25) is 0 Å². The summed E-state index contributed by atoms with van der Waals surface area (Å²) in [5.74, 6) is 0. The summed E-state index contributed by atoms with van der Waals surface area (Å²) in [4.78, 5) is 7.20. The number of piperidine rings is 1. The molecule has 3 rings (SSSR count). The molecule has 4 nitrogen and oxygen atoms in total. The second-order valence-corrected chi connectivity index (χ2v) is 5.74. The van der Waals surface area contributed by atoms with Gasteiger partial charge in [-0.1, -0.05) is 24.3 Å². The Kier molecular flexibility index (Phi) is 4.48. The lowest BCUT2D eigenvalue weighted by molar-refractivity contribution is 0.00981. The highest BCUT2D eigenvalue weighted by molar-refractivity contribution is 5.78. The summed E-state index contributed by atoms with van der Waals surface area (Å²) in [5.41, 5.74) is 8.11. The number of likely N-dealkylation sites (tertiary alicyclic amines) is 1. The van der Waals surface area contributed by atoms with Crippen LogP contribution >= 0.6 is 0 Å². The molecule has 0 bridgehead atoms. The summed E-state index contributed by atoms with van der Waals surface area (Å²) in [6.45, 7) is 2.56. The van der Waals surface area contributed by atoms with E-state index in [2.05, 4.69) is 29.2 Å². The fourth-order valence-electron chi connectivity index (χ4n) is 3.13. The Morgan fingerprint density at radius 1 is 1.29 bits per heavy atom. The highest BCUT2D eigenvalue weighted by atomic mass is 16.5. The molecule has 2 aromatic rings. The minimum absolute atomic E-state index is 0.347. The van der Waals surface area contributed by atoms with Crippen LogP contribution in [0.3, 0.4) is 0 Å². The van der Waals surface area contributed by atoms with Gasteiger partial charge in [0.05, 0.1) is 17.3 Å². The van der Waals surface area contributed by atoms with Crippen molar-refractivity contribution in [2.45, 2.75) is 31.5 Å². The Labute approximate surface area is 125 Å². The zero-order valence-corrected chi connectivity index (χ0v) is 12.5. The molecule has 1 saturated heterocycles. The molecule has 0 amide bonds. The van der Waals surface area contributed by atoms with E-state index in [1.807, 2.05) is 12.1 Å². The number of nitrogens with zero attached hydrogens (tertiary/aromatic N) is 2. The van der Waals surface area contributed by atoms with E-state index < -0.39 is 0 Å². The topological polar surface area (TPSA) is 51.4 Å². The van der Waals surface area contributed by atoms with Crippen molar-refractivity contribution in [3.05, 3.63) is 42.1 Å². The summed E-state index contributed by atoms with van der Waals surface area (Å²) in [7, 11) is 1.79. The number of rotatable bonds is 4. The molecule has 2 heterocycles. The highest BCUT2D eigenvalue weighted by Gasteiger charge is 2.27. The van der Waals surface area contributed by atoms with Gasteiger partial charge in [0, 0.05) is 38.2 Å². The van der Waals surface area contributed by atoms with Gasteiger partial charge >= 0.3 is 0 Å². The summed E-state index contributed by atoms with van der Waals surface area (Å²) in [6, 6.07) is 12.9. The second kappa shape index (κ2) is 6.52. The smallest absolute Gasteiger partial charge is 0.0705 e. The molecular weight excluding hydrogens is 262 g/mol. The molecule has 112 valence electrons. The van der Waals surface area contributed by atoms with Crippen LogP contribution in [0.25, 0.3) is 10.9 Å². The van der Waals surface area contributed by atoms with Gasteiger partial charge in [0.25, 0.3) is 0 Å². The van der Waals surface area contributed by atoms with E-state index in [9.17, 15) is 0 Å². The molecule has 0 saturated carbocycles. The molecule has 21 heavy (non-hydrogen) atoms. The van der Waals surface area contributed by atoms with Gasteiger partial charge in [0.15, 0.2) is 0 Å². The fourth-order valence-corrected chi connectivity index (χ4v) is 3.13. The molecule has 0 radical (unpaired) electrons. The van der Waals surface area contributed by atoms with Gasteiger partial charge < -0.3 is 10.5 Å². The minimum Gasteiger partial charge on any atom is -0.381 e. The maximum atomic E-state index is 5.94. The average Bonchev–Trinajstić information content (AvgIpc) is 2.55. The second-order valence-electron chi connectivity index (χ2n) is 5.74. The monoisotopic (exact) mass is 285 g/mol. The quantitative estimate of drug-likeness (QED) is 0.935. The molecule has 1 aliphatic rings. The number of benzene rings is 1. The number of methoxy groups -OCH3 is 1. The fraction of sp³-hybridized carbons (Fsp3) is 0.471. The third-order valence-corrected chi connectivity index (χ3v) is 4.42. The number of fused-ring (bicyclic) bond motifs is 1. The van der Waals surface area contributed by atoms with Gasteiger partial charge in [0.1, 0.15) is 0 Å². The van der Waals surface area contributed by atoms with Crippen LogP contribution < -0.4 is 5.73 Å². The van der Waals surface area contributed by atoms with Crippen LogP contribution in [-0.4, -0.2) is 42.2 Å². The molecule has 1 aromatic heterocycles. The maximum absolute atomic E-state index is 5.94. The molecule has 4 heteroatoms. The van der Waals surface area contributed by atoms with Crippen LogP contribution in [0, 0.1) is 0 Å². The van der Waals surface area contributed by atoms with E-state index in [0.29, 0.717) is 18.7 Å². The average molecular weight is 285 g/mol. The zero-order chi connectivity index (χ0) is 14.7. The van der Waals surface area contributed by atoms with Gasteiger partial charge in [-0.25, -0.2) is 0 Å². The first-order valence-electron chi connectivity index (χ1n) is 7.61. The van der Waals surface area contributed by atoms with Crippen LogP contribution in [0.1, 0.15) is 18.5 Å². The number of hydrogen-bond acceptors (Lipinski definition) is 4. The summed E-state index contributed by atoms with van der Waals surface area (Å²) in [5, 5.41) is 1.19. The summed E-state index contributed by atoms with van der Waals surface area (Å²) >= 11 is 0. The van der Waals surface area contributed by atoms with Crippen LogP contribution in [0.15, 0.2) is 36.4 Å². The number of nitrogens with two attached hydrogens (primary N) is 1. The van der Waals surface area contributed by atoms with Crippen molar-refractivity contribution in [1.82, 2.24) is 9.88 Å². The third-order valence-electron chi connectivity index (χ3n) is 4.42. The van der Waals surface area contributed by atoms with Gasteiger partial charge in [-0.15, -0.1) is 0 Å². The van der Waals surface area contributed by atoms with Crippen molar-refractivity contribution in [3.8, 4) is 0 Å². The molecule has 1 fully saturated rings. The Hall–Kier alpha value is -1.49. The number of pyridine rings is 1. The highest BCUT2D eigenvalue weighted by Crippen LogP contribution is 2.21. The Bertz CT molecular complexity index is 601. The van der Waals surface area contributed by atoms with Gasteiger partial charge in [-0.2, -0.15) is 0 Å². The van der Waals surface area contributed by atoms with E-state index >= 15 is 0 Å². The lowest BCUT2D eigenvalue weighted by Gasteiger charge is -2.38. The normalized spacial score (nSPS) is 23.5. The SMILES string of the molecule is COC1CCN(Cc2ccc3ccccc3n2)C(CN)C1. The van der Waals surface area contributed by atoms with Crippen molar-refractivity contribution < 1.29 is 4.74 Å². The van der Waals surface area contributed by atoms with Gasteiger partial charge in [0.2, 0.25) is 0 Å². The van der Waals surface area contributed by atoms with Crippen LogP contribution in [-0.2, 0) is 11.3 Å². The Morgan fingerprint density at radius 3 is 2.95 bits per heavy atom. The van der Waals surface area contributed by atoms with Crippen LogP contribution in [0.4, 0.5) is 0 Å². The number of ether oxygens (including phenoxy) is 1. The number of hydrogen-bond donors (Lipinski definition) is 1. The summed E-state index contributed by atoms with van der Waals surface area (Å²) < 4.78 is 5.48. The van der Waals surface area contributed by atoms with E-state index in [1.54, 1.807) is 7.11 Å². The number of aromatic nitrogens is 1. The largest absolute Gasteiger partial charge is 0.381 e. The summed E-state index contributed by atoms with van der Waals surface area (Å²) in [6.07, 6.45) is 2.43. The lowest BCUT2D eigenvalue weighted by atomic mass is 9.99. The first kappa shape index (κ1) is 14.4. The molecule has 2 unspecified atom stereocenters. The van der Waals surface area contributed by atoms with E-state index in [4.69, 9.17) is 15.5 Å². The minimum atomic E-state index is 0.347. The molecule has 0 aliphatic carbocycles. The van der Waals surface area contributed by atoms with Crippen molar-refractivity contribution in [1.29, 1.82) is 0 Å². The first-order chi connectivity index (χ1) is 10.3. The van der Waals surface area contributed by atoms with E-state index in [-0.39, 0.29) is 0 Å². The Balaban J connectivity index is 1.74. The number of para-hydroxylation sites is 1. The van der Waals surface area contributed by atoms with Crippen LogP contribution in [0.5, 0.6) is 0 Å².